The van der Waals surface area contributed by atoms with Crippen molar-refractivity contribution in [1.82, 2.24) is 0 Å². The van der Waals surface area contributed by atoms with E-state index in [1.165, 1.54) is 10.5 Å². The number of thioether (sulfide) groups is 1. The number of rotatable bonds is 9. The normalized spacial score (nSPS) is 10.6. The first-order valence-corrected chi connectivity index (χ1v) is 8.79. The van der Waals surface area contributed by atoms with Crippen molar-refractivity contribution in [2.75, 3.05) is 20.5 Å². The van der Waals surface area contributed by atoms with Gasteiger partial charge in [0.05, 0.1) is 6.61 Å². The third-order valence-electron chi connectivity index (χ3n) is 3.43. The summed E-state index contributed by atoms with van der Waals surface area (Å²) in [6.45, 7) is 5.16. The Morgan fingerprint density at radius 2 is 1.70 bits per heavy atom. The first-order chi connectivity index (χ1) is 11.3. The summed E-state index contributed by atoms with van der Waals surface area (Å²) in [7, 11) is 1.63. The van der Waals surface area contributed by atoms with E-state index in [2.05, 4.69) is 38.1 Å². The van der Waals surface area contributed by atoms with Gasteiger partial charge in [-0.3, -0.25) is 0 Å². The number of methoxy groups -OCH3 is 1. The molecule has 2 aromatic carbocycles. The van der Waals surface area contributed by atoms with Crippen LogP contribution in [0, 0.1) is 6.92 Å². The average molecular weight is 332 g/mol. The van der Waals surface area contributed by atoms with E-state index in [9.17, 15) is 0 Å². The second-order valence-electron chi connectivity index (χ2n) is 5.17. The molecule has 0 aliphatic carbocycles. The Kier molecular flexibility index (Phi) is 7.30. The molecule has 0 bridgehead atoms. The first-order valence-electron chi connectivity index (χ1n) is 7.81. The number of hydrogen-bond donors (Lipinski definition) is 0. The van der Waals surface area contributed by atoms with Crippen LogP contribution in [0.1, 0.15) is 24.5 Å². The molecule has 23 heavy (non-hydrogen) atoms. The third-order valence-corrected chi connectivity index (χ3v) is 4.46. The molecule has 0 atom stereocenters. The lowest BCUT2D eigenvalue weighted by atomic mass is 10.1. The zero-order valence-electron chi connectivity index (χ0n) is 14.0. The fourth-order valence-electron chi connectivity index (χ4n) is 2.19. The molecule has 3 nitrogen and oxygen atoms in total. The van der Waals surface area contributed by atoms with Crippen LogP contribution in [0.15, 0.2) is 47.4 Å². The van der Waals surface area contributed by atoms with E-state index in [0.29, 0.717) is 0 Å². The van der Waals surface area contributed by atoms with Crippen molar-refractivity contribution < 1.29 is 14.2 Å². The maximum absolute atomic E-state index is 5.91. The van der Waals surface area contributed by atoms with Gasteiger partial charge < -0.3 is 14.2 Å². The van der Waals surface area contributed by atoms with E-state index in [0.717, 1.165) is 35.8 Å². The topological polar surface area (TPSA) is 27.7 Å². The molecule has 4 heteroatoms. The van der Waals surface area contributed by atoms with Crippen LogP contribution < -0.4 is 9.47 Å². The molecule has 0 saturated heterocycles. The number of benzene rings is 2. The van der Waals surface area contributed by atoms with Crippen LogP contribution >= 0.6 is 11.8 Å². The summed E-state index contributed by atoms with van der Waals surface area (Å²) in [5, 5.41) is 0. The van der Waals surface area contributed by atoms with E-state index in [1.807, 2.05) is 18.2 Å². The standard InChI is InChI=1S/C19H24O3S/c1-4-12-21-19-11-10-18(22-14-20-3)15(2)17(19)13-23-16-8-6-5-7-9-16/h5-11H,4,12-14H2,1-3H3. The summed E-state index contributed by atoms with van der Waals surface area (Å²) in [5.74, 6) is 2.64. The van der Waals surface area contributed by atoms with Crippen molar-refractivity contribution >= 4 is 11.8 Å². The number of hydrogen-bond acceptors (Lipinski definition) is 4. The molecule has 0 aliphatic heterocycles. The van der Waals surface area contributed by atoms with Gasteiger partial charge in [-0.2, -0.15) is 0 Å². The van der Waals surface area contributed by atoms with Crippen LogP contribution in [0.25, 0.3) is 0 Å². The lowest BCUT2D eigenvalue weighted by Gasteiger charge is -2.17. The smallest absolute Gasteiger partial charge is 0.188 e. The first kappa shape index (κ1) is 17.7. The molecule has 0 unspecified atom stereocenters. The van der Waals surface area contributed by atoms with Gasteiger partial charge in [-0.15, -0.1) is 11.8 Å². The Hall–Kier alpha value is -1.65. The third kappa shape index (κ3) is 5.19. The maximum Gasteiger partial charge on any atom is 0.188 e. The summed E-state index contributed by atoms with van der Waals surface area (Å²) in [5.41, 5.74) is 2.29. The Labute approximate surface area is 143 Å². The van der Waals surface area contributed by atoms with Crippen molar-refractivity contribution in [2.24, 2.45) is 0 Å². The van der Waals surface area contributed by atoms with E-state index in [4.69, 9.17) is 14.2 Å². The molecule has 0 fully saturated rings. The highest BCUT2D eigenvalue weighted by Crippen LogP contribution is 2.35. The molecule has 0 saturated carbocycles. The zero-order valence-corrected chi connectivity index (χ0v) is 14.8. The summed E-state index contributed by atoms with van der Waals surface area (Å²) < 4.78 is 16.6. The molecule has 0 radical (unpaired) electrons. The quantitative estimate of drug-likeness (QED) is 0.474. The van der Waals surface area contributed by atoms with Crippen molar-refractivity contribution in [2.45, 2.75) is 30.9 Å². The molecular formula is C19H24O3S. The van der Waals surface area contributed by atoms with Gasteiger partial charge in [0.15, 0.2) is 6.79 Å². The van der Waals surface area contributed by atoms with Crippen LogP contribution in [-0.2, 0) is 10.5 Å². The van der Waals surface area contributed by atoms with E-state index < -0.39 is 0 Å². The Morgan fingerprint density at radius 1 is 0.957 bits per heavy atom. The minimum absolute atomic E-state index is 0.251. The van der Waals surface area contributed by atoms with E-state index in [1.54, 1.807) is 18.9 Å². The fourth-order valence-corrected chi connectivity index (χ4v) is 3.21. The van der Waals surface area contributed by atoms with Gasteiger partial charge in [0.2, 0.25) is 0 Å². The monoisotopic (exact) mass is 332 g/mol. The van der Waals surface area contributed by atoms with E-state index in [-0.39, 0.29) is 6.79 Å². The van der Waals surface area contributed by atoms with Gasteiger partial charge in [0, 0.05) is 23.3 Å². The predicted molar refractivity (Wildman–Crippen MR) is 95.5 cm³/mol. The summed E-state index contributed by atoms with van der Waals surface area (Å²) in [6.07, 6.45) is 0.992. The molecule has 0 aromatic heterocycles. The predicted octanol–water partition coefficient (Wildman–Crippen LogP) is 5.06. The molecule has 2 aromatic rings. The van der Waals surface area contributed by atoms with Gasteiger partial charge in [-0.1, -0.05) is 25.1 Å². The largest absolute Gasteiger partial charge is 0.493 e. The number of ether oxygens (including phenoxy) is 3. The minimum atomic E-state index is 0.251. The second kappa shape index (κ2) is 9.48. The van der Waals surface area contributed by atoms with E-state index >= 15 is 0 Å². The Morgan fingerprint density at radius 3 is 2.39 bits per heavy atom. The zero-order chi connectivity index (χ0) is 16.5. The molecule has 0 amide bonds. The lowest BCUT2D eigenvalue weighted by Crippen LogP contribution is -2.04. The minimum Gasteiger partial charge on any atom is -0.493 e. The van der Waals surface area contributed by atoms with Crippen LogP contribution in [0.3, 0.4) is 0 Å². The molecule has 124 valence electrons. The highest BCUT2D eigenvalue weighted by Gasteiger charge is 2.13. The Bertz CT molecular complexity index is 599. The van der Waals surface area contributed by atoms with Gasteiger partial charge in [0.1, 0.15) is 11.5 Å². The van der Waals surface area contributed by atoms with Crippen molar-refractivity contribution in [3.05, 3.63) is 53.6 Å². The van der Waals surface area contributed by atoms with Crippen molar-refractivity contribution in [3.63, 3.8) is 0 Å². The highest BCUT2D eigenvalue weighted by molar-refractivity contribution is 7.98. The molecular weight excluding hydrogens is 308 g/mol. The van der Waals surface area contributed by atoms with Crippen LogP contribution in [-0.4, -0.2) is 20.5 Å². The Balaban J connectivity index is 2.20. The molecule has 0 heterocycles. The summed E-state index contributed by atoms with van der Waals surface area (Å²) in [4.78, 5) is 1.25. The van der Waals surface area contributed by atoms with Crippen LogP contribution in [0.4, 0.5) is 0 Å². The molecule has 2 rings (SSSR count). The van der Waals surface area contributed by atoms with Crippen molar-refractivity contribution in [1.29, 1.82) is 0 Å². The maximum atomic E-state index is 5.91. The molecule has 0 N–H and O–H groups in total. The van der Waals surface area contributed by atoms with Gasteiger partial charge in [0.25, 0.3) is 0 Å². The van der Waals surface area contributed by atoms with Crippen LogP contribution in [0.5, 0.6) is 11.5 Å². The van der Waals surface area contributed by atoms with Gasteiger partial charge in [-0.05, 0) is 43.2 Å². The average Bonchev–Trinajstić information content (AvgIpc) is 2.59. The lowest BCUT2D eigenvalue weighted by molar-refractivity contribution is 0.0505. The molecule has 0 spiro atoms. The highest BCUT2D eigenvalue weighted by atomic mass is 32.2. The second-order valence-corrected chi connectivity index (χ2v) is 6.22. The fraction of sp³-hybridized carbons (Fsp3) is 0.368. The van der Waals surface area contributed by atoms with Gasteiger partial charge >= 0.3 is 0 Å². The summed E-state index contributed by atoms with van der Waals surface area (Å²) >= 11 is 1.80. The SMILES string of the molecule is CCCOc1ccc(OCOC)c(C)c1CSc1ccccc1. The molecule has 0 aliphatic rings. The van der Waals surface area contributed by atoms with Gasteiger partial charge in [-0.25, -0.2) is 0 Å². The summed E-state index contributed by atoms with van der Waals surface area (Å²) in [6, 6.07) is 14.3. The van der Waals surface area contributed by atoms with Crippen molar-refractivity contribution in [3.8, 4) is 11.5 Å². The van der Waals surface area contributed by atoms with Crippen LogP contribution in [0.2, 0.25) is 0 Å².